The Morgan fingerprint density at radius 3 is 2.09 bits per heavy atom. The van der Waals surface area contributed by atoms with E-state index in [1.165, 1.54) is 0 Å². The van der Waals surface area contributed by atoms with Crippen LogP contribution in [0.5, 0.6) is 0 Å². The summed E-state index contributed by atoms with van der Waals surface area (Å²) in [5, 5.41) is 4.03. The molecule has 0 aliphatic carbocycles. The highest BCUT2D eigenvalue weighted by Gasteiger charge is 2.41. The summed E-state index contributed by atoms with van der Waals surface area (Å²) in [6.45, 7) is 23.6. The first-order valence-corrected chi connectivity index (χ1v) is 20.4. The summed E-state index contributed by atoms with van der Waals surface area (Å²) in [6, 6.07) is 15.1. The molecule has 44 heavy (non-hydrogen) atoms. The van der Waals surface area contributed by atoms with Gasteiger partial charge in [-0.25, -0.2) is 4.79 Å². The molecule has 0 heterocycles. The molecule has 2 aromatic rings. The van der Waals surface area contributed by atoms with Gasteiger partial charge in [-0.3, -0.25) is 4.57 Å². The van der Waals surface area contributed by atoms with Crippen LogP contribution in [0.1, 0.15) is 79.5 Å². The van der Waals surface area contributed by atoms with Crippen LogP contribution in [0.3, 0.4) is 0 Å². The normalized spacial score (nSPS) is 14.2. The number of hydrogen-bond acceptors (Lipinski definition) is 7. The Hall–Kier alpha value is -1.87. The third-order valence-electron chi connectivity index (χ3n) is 7.57. The van der Waals surface area contributed by atoms with Crippen molar-refractivity contribution in [1.29, 1.82) is 0 Å². The number of anilines is 1. The average molecular weight is 669 g/mol. The maximum absolute atomic E-state index is 13.6. The van der Waals surface area contributed by atoms with Gasteiger partial charge in [0.1, 0.15) is 5.60 Å². The van der Waals surface area contributed by atoms with Crippen molar-refractivity contribution < 1.29 is 27.6 Å². The van der Waals surface area contributed by atoms with Gasteiger partial charge in [0.25, 0.3) is 0 Å². The number of amides is 1. The second kappa shape index (κ2) is 16.1. The average Bonchev–Trinajstić information content (AvgIpc) is 2.89. The quantitative estimate of drug-likeness (QED) is 0.149. The fourth-order valence-corrected chi connectivity index (χ4v) is 7.41. The predicted molar refractivity (Wildman–Crippen MR) is 184 cm³/mol. The second-order valence-electron chi connectivity index (χ2n) is 13.6. The Balaban J connectivity index is 2.30. The van der Waals surface area contributed by atoms with Gasteiger partial charge >= 0.3 is 13.7 Å². The van der Waals surface area contributed by atoms with Crippen LogP contribution in [0.4, 0.5) is 10.5 Å². The molecule has 0 fully saturated rings. The van der Waals surface area contributed by atoms with Crippen molar-refractivity contribution >= 4 is 39.3 Å². The first-order valence-electron chi connectivity index (χ1n) is 15.4. The molecule has 0 aliphatic heterocycles. The zero-order chi connectivity index (χ0) is 33.3. The molecule has 11 heteroatoms. The highest BCUT2D eigenvalue weighted by Crippen LogP contribution is 2.51. The summed E-state index contributed by atoms with van der Waals surface area (Å²) < 4.78 is 36.6. The second-order valence-corrected chi connectivity index (χ2v) is 20.8. The maximum atomic E-state index is 13.6. The molecule has 2 unspecified atom stereocenters. The van der Waals surface area contributed by atoms with E-state index in [1.807, 2.05) is 76.2 Å². The van der Waals surface area contributed by atoms with Gasteiger partial charge in [-0.15, -0.1) is 0 Å². The molecule has 0 saturated heterocycles. The Morgan fingerprint density at radius 1 is 1.00 bits per heavy atom. The molecule has 2 atom stereocenters. The summed E-state index contributed by atoms with van der Waals surface area (Å²) in [6.07, 6.45) is -0.595. The number of hydrogen-bond donors (Lipinski definition) is 1. The molecule has 0 radical (unpaired) electrons. The lowest BCUT2D eigenvalue weighted by Crippen LogP contribution is -2.49. The van der Waals surface area contributed by atoms with Crippen LogP contribution in [0.15, 0.2) is 48.5 Å². The van der Waals surface area contributed by atoms with E-state index in [9.17, 15) is 9.36 Å². The minimum absolute atomic E-state index is 0.0288. The Labute approximate surface area is 271 Å². The zero-order valence-corrected chi connectivity index (χ0v) is 31.2. The largest absolute Gasteiger partial charge is 0.444 e. The fourth-order valence-electron chi connectivity index (χ4n) is 4.23. The molecular weight excluding hydrogens is 615 g/mol. The van der Waals surface area contributed by atoms with E-state index in [-0.39, 0.29) is 17.2 Å². The monoisotopic (exact) mass is 668 g/mol. The van der Waals surface area contributed by atoms with E-state index < -0.39 is 33.7 Å². The molecule has 2 rings (SSSR count). The first kappa shape index (κ1) is 38.3. The summed E-state index contributed by atoms with van der Waals surface area (Å²) in [5.74, 6) is 0. The topological polar surface area (TPSA) is 86.3 Å². The van der Waals surface area contributed by atoms with Crippen molar-refractivity contribution in [2.45, 2.75) is 104 Å². The van der Waals surface area contributed by atoms with Gasteiger partial charge in [0.15, 0.2) is 8.32 Å². The third kappa shape index (κ3) is 12.1. The minimum atomic E-state index is -3.19. The molecule has 2 aromatic carbocycles. The van der Waals surface area contributed by atoms with E-state index in [2.05, 4.69) is 39.2 Å². The lowest BCUT2D eigenvalue weighted by Gasteiger charge is -2.41. The van der Waals surface area contributed by atoms with Crippen LogP contribution in [0.2, 0.25) is 23.2 Å². The summed E-state index contributed by atoms with van der Waals surface area (Å²) in [5.41, 5.74) is 1.99. The van der Waals surface area contributed by atoms with Crippen LogP contribution < -0.4 is 5.32 Å². The molecule has 0 aromatic heterocycles. The van der Waals surface area contributed by atoms with E-state index in [0.717, 1.165) is 16.8 Å². The number of halogens is 1. The van der Waals surface area contributed by atoms with Crippen molar-refractivity contribution in [3.63, 3.8) is 0 Å². The van der Waals surface area contributed by atoms with Crippen LogP contribution in [-0.4, -0.2) is 57.3 Å². The van der Waals surface area contributed by atoms with E-state index in [0.29, 0.717) is 31.3 Å². The Morgan fingerprint density at radius 2 is 1.59 bits per heavy atom. The number of benzene rings is 2. The van der Waals surface area contributed by atoms with Crippen LogP contribution in [0, 0.1) is 0 Å². The molecular formula is C33H54ClN2O6PSi. The van der Waals surface area contributed by atoms with Crippen molar-refractivity contribution in [3.8, 4) is 0 Å². The Bertz CT molecular complexity index is 1240. The first-order chi connectivity index (χ1) is 20.3. The van der Waals surface area contributed by atoms with Crippen molar-refractivity contribution in [1.82, 2.24) is 4.90 Å². The number of rotatable bonds is 15. The van der Waals surface area contributed by atoms with Gasteiger partial charge in [0, 0.05) is 23.3 Å². The zero-order valence-electron chi connectivity index (χ0n) is 28.5. The number of nitrogens with one attached hydrogen (secondary N) is 1. The van der Waals surface area contributed by atoms with Crippen LogP contribution in [0.25, 0.3) is 0 Å². The lowest BCUT2D eigenvalue weighted by molar-refractivity contribution is 0.00799. The van der Waals surface area contributed by atoms with Gasteiger partial charge in [0.2, 0.25) is 0 Å². The maximum Gasteiger partial charge on any atom is 0.410 e. The molecule has 8 nitrogen and oxygen atoms in total. The molecule has 248 valence electrons. The van der Waals surface area contributed by atoms with Crippen LogP contribution >= 0.6 is 19.2 Å². The highest BCUT2D eigenvalue weighted by atomic mass is 35.5. The van der Waals surface area contributed by atoms with Crippen molar-refractivity contribution in [3.05, 3.63) is 64.7 Å². The summed E-state index contributed by atoms with van der Waals surface area (Å²) >= 11 is 6.41. The smallest absolute Gasteiger partial charge is 0.410 e. The summed E-state index contributed by atoms with van der Waals surface area (Å²) in [4.78, 5) is 15.4. The minimum Gasteiger partial charge on any atom is -0.444 e. The van der Waals surface area contributed by atoms with Crippen molar-refractivity contribution in [2.75, 3.05) is 31.6 Å². The van der Waals surface area contributed by atoms with Gasteiger partial charge in [-0.2, -0.15) is 0 Å². The standard InChI is InChI=1S/C33H54ClN2O6PSi/c1-12-39-43(38,40-13-2)24-26-17-19-29(20-18-26)35-22-25(3)36(31(37)41-32(4,5)6)23-30(27-15-14-16-28(34)21-27)42-44(10,11)33(7,8)9/h14-21,25,30,35H,12-13,22-24H2,1-11H3. The van der Waals surface area contributed by atoms with E-state index in [1.54, 1.807) is 18.7 Å². The number of carbonyl (C=O) groups is 1. The van der Waals surface area contributed by atoms with Crippen molar-refractivity contribution in [2.24, 2.45) is 0 Å². The highest BCUT2D eigenvalue weighted by molar-refractivity contribution is 7.53. The fraction of sp³-hybridized carbons (Fsp3) is 0.606. The number of carbonyl (C=O) groups excluding carboxylic acids is 1. The molecule has 0 bridgehead atoms. The third-order valence-corrected chi connectivity index (χ3v) is 14.3. The van der Waals surface area contributed by atoms with Gasteiger partial charge < -0.3 is 28.4 Å². The molecule has 0 saturated carbocycles. The Kier molecular flexibility index (Phi) is 14.0. The SMILES string of the molecule is CCOP(=O)(Cc1ccc(NCC(C)N(CC(O[Si](C)(C)C(C)(C)C)c2cccc(Cl)c2)C(=O)OC(C)(C)C)cc1)OCC. The van der Waals surface area contributed by atoms with Gasteiger partial charge in [-0.1, -0.05) is 56.6 Å². The molecule has 0 aliphatic rings. The van der Waals surface area contributed by atoms with E-state index >= 15 is 0 Å². The number of nitrogens with zero attached hydrogens (tertiary/aromatic N) is 1. The lowest BCUT2D eigenvalue weighted by atomic mass is 10.1. The molecule has 1 N–H and O–H groups in total. The van der Waals surface area contributed by atoms with Crippen LogP contribution in [-0.2, 0) is 28.9 Å². The predicted octanol–water partition coefficient (Wildman–Crippen LogP) is 9.91. The van der Waals surface area contributed by atoms with Gasteiger partial charge in [0.05, 0.1) is 32.0 Å². The van der Waals surface area contributed by atoms with Gasteiger partial charge in [-0.05, 0) is 95.1 Å². The summed E-state index contributed by atoms with van der Waals surface area (Å²) in [7, 11) is -5.42. The number of ether oxygens (including phenoxy) is 1. The van der Waals surface area contributed by atoms with E-state index in [4.69, 9.17) is 29.8 Å². The molecule has 1 amide bonds. The molecule has 0 spiro atoms.